The van der Waals surface area contributed by atoms with Gasteiger partial charge in [-0.15, -0.1) is 0 Å². The van der Waals surface area contributed by atoms with E-state index in [2.05, 4.69) is 173 Å². The van der Waals surface area contributed by atoms with Crippen molar-refractivity contribution in [3.05, 3.63) is 0 Å². The summed E-state index contributed by atoms with van der Waals surface area (Å²) in [6.07, 6.45) is 54.4. The van der Waals surface area contributed by atoms with Crippen LogP contribution in [-0.4, -0.2) is 0 Å². The Balaban J connectivity index is -0.000000137. The van der Waals surface area contributed by atoms with Gasteiger partial charge in [-0.3, -0.25) is 0 Å². The number of rotatable bonds is 40. The van der Waals surface area contributed by atoms with Crippen molar-refractivity contribution < 1.29 is 0 Å². The molecule has 0 fully saturated rings. The molecule has 0 spiro atoms. The van der Waals surface area contributed by atoms with Gasteiger partial charge in [0.25, 0.3) is 0 Å². The predicted octanol–water partition coefficient (Wildman–Crippen LogP) is 28.7. The van der Waals surface area contributed by atoms with Gasteiger partial charge < -0.3 is 0 Å². The predicted molar refractivity (Wildman–Crippen MR) is 347 cm³/mol. The maximum absolute atomic E-state index is 2.43. The van der Waals surface area contributed by atoms with Crippen LogP contribution in [0.4, 0.5) is 0 Å². The van der Waals surface area contributed by atoms with E-state index in [1.165, 1.54) is 250 Å². The van der Waals surface area contributed by atoms with E-state index in [-0.39, 0.29) is 0 Å². The van der Waals surface area contributed by atoms with Crippen molar-refractivity contribution in [2.75, 3.05) is 0 Å². The monoisotopic (exact) mass is 1020 g/mol. The topological polar surface area (TPSA) is 0 Å². The van der Waals surface area contributed by atoms with Crippen molar-refractivity contribution in [3.63, 3.8) is 0 Å². The summed E-state index contributed by atoms with van der Waals surface area (Å²) in [5, 5.41) is 0. The van der Waals surface area contributed by atoms with Crippen LogP contribution in [0.25, 0.3) is 0 Å². The normalized spacial score (nSPS) is 12.9. The van der Waals surface area contributed by atoms with Crippen LogP contribution in [0.15, 0.2) is 0 Å². The molecule has 0 nitrogen and oxygen atoms in total. The molecule has 72 heavy (non-hydrogen) atoms. The number of hydrogen-bond donors (Lipinski definition) is 0. The molecule has 0 radical (unpaired) electrons. The van der Waals surface area contributed by atoms with Crippen molar-refractivity contribution in [1.29, 1.82) is 0 Å². The van der Waals surface area contributed by atoms with Crippen LogP contribution in [0.5, 0.6) is 0 Å². The largest absolute Gasteiger partial charge is 0.0654 e. The third-order valence-electron chi connectivity index (χ3n) is 18.3. The van der Waals surface area contributed by atoms with E-state index < -0.39 is 0 Å². The van der Waals surface area contributed by atoms with Crippen molar-refractivity contribution >= 4 is 0 Å². The highest BCUT2D eigenvalue weighted by Gasteiger charge is 2.19. The van der Waals surface area contributed by atoms with Gasteiger partial charge in [0.05, 0.1) is 0 Å². The molecule has 0 rings (SSSR count). The summed E-state index contributed by atoms with van der Waals surface area (Å²) in [6.45, 7) is 57.9. The van der Waals surface area contributed by atoms with E-state index in [0.29, 0.717) is 16.2 Å². The second-order valence-electron chi connectivity index (χ2n) is 25.1. The molecule has 0 saturated heterocycles. The average molecular weight is 1020 g/mol. The first kappa shape index (κ1) is 85.9. The molecular weight excluding hydrogens is 865 g/mol. The SMILES string of the molecule is CCC(C)CC(C)CC.CCCCC(C)(CC)CC.CCCCC(CC)CC.CCCCCC(C)(CC)CC.CCCCCCC(C)(CC)CC.CCCCCCC(C)CC.CCCCCCCC(C)CC. The van der Waals surface area contributed by atoms with Crippen molar-refractivity contribution in [1.82, 2.24) is 0 Å². The minimum atomic E-state index is 0.633. The molecule has 0 saturated carbocycles. The van der Waals surface area contributed by atoms with Crippen LogP contribution in [0, 0.1) is 45.8 Å². The molecule has 0 aromatic carbocycles. The molecule has 0 heteroatoms. The second kappa shape index (κ2) is 67.1. The third kappa shape index (κ3) is 70.0. The van der Waals surface area contributed by atoms with E-state index in [1.54, 1.807) is 0 Å². The van der Waals surface area contributed by atoms with Crippen LogP contribution in [0.3, 0.4) is 0 Å². The Hall–Kier alpha value is 0. The van der Waals surface area contributed by atoms with Gasteiger partial charge in [0.1, 0.15) is 0 Å². The lowest BCUT2D eigenvalue weighted by atomic mass is 9.80. The fourth-order valence-corrected chi connectivity index (χ4v) is 8.83. The number of hydrogen-bond acceptors (Lipinski definition) is 0. The van der Waals surface area contributed by atoms with Gasteiger partial charge in [-0.05, 0) is 71.5 Å². The van der Waals surface area contributed by atoms with E-state index in [9.17, 15) is 0 Å². The van der Waals surface area contributed by atoms with Crippen LogP contribution in [-0.2, 0) is 0 Å². The smallest absolute Gasteiger partial charge is 0.0331 e. The van der Waals surface area contributed by atoms with E-state index in [1.807, 2.05) is 0 Å². The van der Waals surface area contributed by atoms with Gasteiger partial charge in [0.15, 0.2) is 0 Å². The van der Waals surface area contributed by atoms with Crippen molar-refractivity contribution in [3.8, 4) is 0 Å². The highest BCUT2D eigenvalue weighted by Crippen LogP contribution is 2.33. The van der Waals surface area contributed by atoms with Gasteiger partial charge in [-0.25, -0.2) is 0 Å². The van der Waals surface area contributed by atoms with Gasteiger partial charge in [0.2, 0.25) is 0 Å². The Morgan fingerprint density at radius 1 is 0.236 bits per heavy atom. The van der Waals surface area contributed by atoms with Gasteiger partial charge in [-0.1, -0.05) is 398 Å². The van der Waals surface area contributed by atoms with E-state index in [0.717, 1.165) is 29.6 Å². The summed E-state index contributed by atoms with van der Waals surface area (Å²) in [5.41, 5.74) is 1.90. The Kier molecular flexibility index (Phi) is 80.1. The van der Waals surface area contributed by atoms with Gasteiger partial charge >= 0.3 is 0 Å². The quantitative estimate of drug-likeness (QED) is 0.0537. The maximum Gasteiger partial charge on any atom is -0.0331 e. The van der Waals surface area contributed by atoms with E-state index >= 15 is 0 Å². The molecule has 0 N–H and O–H groups in total. The molecule has 0 aliphatic carbocycles. The van der Waals surface area contributed by atoms with Crippen LogP contribution < -0.4 is 0 Å². The molecule has 4 unspecified atom stereocenters. The first-order valence-corrected chi connectivity index (χ1v) is 34.2. The summed E-state index contributed by atoms with van der Waals surface area (Å²) >= 11 is 0. The highest BCUT2D eigenvalue weighted by atomic mass is 14.3. The maximum atomic E-state index is 2.43. The minimum absolute atomic E-state index is 0.633. The molecule has 0 aromatic rings. The Labute approximate surface area is 467 Å². The van der Waals surface area contributed by atoms with E-state index in [4.69, 9.17) is 0 Å². The Bertz CT molecular complexity index is 858. The molecule has 446 valence electrons. The molecule has 0 heterocycles. The van der Waals surface area contributed by atoms with Crippen LogP contribution in [0.1, 0.15) is 424 Å². The first-order valence-electron chi connectivity index (χ1n) is 34.2. The lowest BCUT2D eigenvalue weighted by Crippen LogP contribution is -2.13. The lowest BCUT2D eigenvalue weighted by Gasteiger charge is -2.26. The lowest BCUT2D eigenvalue weighted by molar-refractivity contribution is 0.262. The fraction of sp³-hybridized carbons (Fsp3) is 1.00. The molecule has 0 aromatic heterocycles. The number of unbranched alkanes of at least 4 members (excludes halogenated alkanes) is 14. The van der Waals surface area contributed by atoms with Crippen LogP contribution >= 0.6 is 0 Å². The Morgan fingerprint density at radius 3 is 0.764 bits per heavy atom. The summed E-state index contributed by atoms with van der Waals surface area (Å²) < 4.78 is 0. The second-order valence-corrected chi connectivity index (χ2v) is 25.1. The first-order chi connectivity index (χ1) is 34.2. The zero-order valence-corrected chi connectivity index (χ0v) is 57.0. The fourth-order valence-electron chi connectivity index (χ4n) is 8.83. The molecule has 0 amide bonds. The summed E-state index contributed by atoms with van der Waals surface area (Å²) in [4.78, 5) is 0. The highest BCUT2D eigenvalue weighted by molar-refractivity contribution is 4.72. The van der Waals surface area contributed by atoms with Crippen LogP contribution in [0.2, 0.25) is 0 Å². The minimum Gasteiger partial charge on any atom is -0.0654 e. The standard InChI is InChI=1S/C12H26.2C11H24.2C10H22.2C9H20/c1-5-8-9-10-11-12(4,6-2)7-3;1-5-8-9-10-11(4,6-2)7-3;1-4-6-7-8-9-10-11(3)5-2;1-5-8-9-10(4,6-2)7-3;1-4-6-7-8-9-10(3)5-2;1-5-8(3)7-9(4)6-2;1-4-7-8-9(5-2)6-3/h5-11H2,1-4H3;5-10H2,1-4H3;11H,4-10H2,1-3H3;5-9H2,1-4H3;10H,4-9H2,1-3H3;8-9H,5-7H2,1-4H3;9H,4-8H2,1-3H3. The molecule has 0 aliphatic rings. The van der Waals surface area contributed by atoms with Crippen molar-refractivity contribution in [2.45, 2.75) is 424 Å². The zero-order chi connectivity index (χ0) is 57.0. The zero-order valence-electron chi connectivity index (χ0n) is 57.0. The molecular formula is C72H158. The average Bonchev–Trinajstić information content (AvgIpc) is 3.41. The molecule has 0 bridgehead atoms. The van der Waals surface area contributed by atoms with Gasteiger partial charge in [-0.2, -0.15) is 0 Å². The summed E-state index contributed by atoms with van der Waals surface area (Å²) in [6, 6.07) is 0. The van der Waals surface area contributed by atoms with Gasteiger partial charge in [0, 0.05) is 0 Å². The van der Waals surface area contributed by atoms with Crippen molar-refractivity contribution in [2.24, 2.45) is 45.8 Å². The molecule has 4 atom stereocenters. The third-order valence-corrected chi connectivity index (χ3v) is 18.3. The summed E-state index contributed by atoms with van der Waals surface area (Å²) in [5.74, 6) is 4.78. The Morgan fingerprint density at radius 2 is 0.486 bits per heavy atom. The molecule has 0 aliphatic heterocycles. The summed E-state index contributed by atoms with van der Waals surface area (Å²) in [7, 11) is 0.